The van der Waals surface area contributed by atoms with Crippen LogP contribution in [-0.2, 0) is 0 Å². The summed E-state index contributed by atoms with van der Waals surface area (Å²) in [6, 6.07) is 5.76. The predicted molar refractivity (Wildman–Crippen MR) is 62.9 cm³/mol. The second-order valence-corrected chi connectivity index (χ2v) is 3.20. The van der Waals surface area contributed by atoms with Gasteiger partial charge in [-0.2, -0.15) is 0 Å². The van der Waals surface area contributed by atoms with E-state index >= 15 is 0 Å². The van der Waals surface area contributed by atoms with Crippen LogP contribution in [0, 0.1) is 0 Å². The number of anilines is 1. The first kappa shape index (κ1) is 10.5. The molecule has 1 heterocycles. The lowest BCUT2D eigenvalue weighted by atomic mass is 10.4. The van der Waals surface area contributed by atoms with E-state index in [9.17, 15) is 0 Å². The van der Waals surface area contributed by atoms with Crippen molar-refractivity contribution in [1.82, 2.24) is 4.98 Å². The molecule has 0 N–H and O–H groups in total. The van der Waals surface area contributed by atoms with E-state index in [1.165, 1.54) is 0 Å². The van der Waals surface area contributed by atoms with Gasteiger partial charge in [-0.15, -0.1) is 0 Å². The van der Waals surface area contributed by atoms with E-state index in [0.29, 0.717) is 0 Å². The Morgan fingerprint density at radius 1 is 1.15 bits per heavy atom. The third-order valence-corrected chi connectivity index (χ3v) is 1.82. The second-order valence-electron chi connectivity index (χ2n) is 2.15. The summed E-state index contributed by atoms with van der Waals surface area (Å²) in [7, 11) is 0. The van der Waals surface area contributed by atoms with Crippen molar-refractivity contribution in [3.63, 3.8) is 0 Å². The maximum absolute atomic E-state index is 4.20. The minimum atomic E-state index is 0.869. The van der Waals surface area contributed by atoms with Gasteiger partial charge in [-0.1, -0.05) is 37.9 Å². The summed E-state index contributed by atoms with van der Waals surface area (Å²) >= 11 is 6.44. The van der Waals surface area contributed by atoms with Gasteiger partial charge in [-0.3, -0.25) is 0 Å². The van der Waals surface area contributed by atoms with Gasteiger partial charge >= 0.3 is 0 Å². The van der Waals surface area contributed by atoms with Crippen molar-refractivity contribution < 1.29 is 0 Å². The molecule has 1 rings (SSSR count). The van der Waals surface area contributed by atoms with Crippen molar-refractivity contribution in [3.05, 3.63) is 46.8 Å². The Labute approximate surface area is 94.2 Å². The zero-order valence-electron chi connectivity index (χ0n) is 6.77. The highest BCUT2D eigenvalue weighted by atomic mass is 79.9. The van der Waals surface area contributed by atoms with E-state index in [1.807, 2.05) is 35.5 Å². The van der Waals surface area contributed by atoms with E-state index in [0.717, 1.165) is 5.82 Å². The van der Waals surface area contributed by atoms with Crippen molar-refractivity contribution in [2.75, 3.05) is 4.90 Å². The third kappa shape index (κ3) is 3.32. The summed E-state index contributed by atoms with van der Waals surface area (Å²) in [6.07, 6.45) is 5.48. The minimum absolute atomic E-state index is 0.869. The van der Waals surface area contributed by atoms with Gasteiger partial charge in [0.05, 0.1) is 0 Å². The van der Waals surface area contributed by atoms with Gasteiger partial charge in [0.15, 0.2) is 0 Å². The van der Waals surface area contributed by atoms with Crippen LogP contribution in [0.3, 0.4) is 0 Å². The van der Waals surface area contributed by atoms with E-state index in [2.05, 4.69) is 36.8 Å². The molecule has 0 aliphatic heterocycles. The Balaban J connectivity index is 2.88. The van der Waals surface area contributed by atoms with Crippen molar-refractivity contribution in [2.24, 2.45) is 0 Å². The summed E-state index contributed by atoms with van der Waals surface area (Å²) in [6.45, 7) is 0. The lowest BCUT2D eigenvalue weighted by Gasteiger charge is -2.12. The van der Waals surface area contributed by atoms with E-state index in [1.54, 1.807) is 16.2 Å². The summed E-state index contributed by atoms with van der Waals surface area (Å²) in [5.41, 5.74) is 0. The lowest BCUT2D eigenvalue weighted by molar-refractivity contribution is 1.18. The summed E-state index contributed by atoms with van der Waals surface area (Å²) in [5, 5.41) is 0. The summed E-state index contributed by atoms with van der Waals surface area (Å²) in [5.74, 6) is 0.869. The van der Waals surface area contributed by atoms with Gasteiger partial charge in [0.1, 0.15) is 5.82 Å². The molecule has 1 aromatic rings. The molecule has 2 nitrogen and oxygen atoms in total. The van der Waals surface area contributed by atoms with Gasteiger partial charge in [-0.05, 0) is 22.1 Å². The second kappa shape index (κ2) is 5.94. The van der Waals surface area contributed by atoms with Crippen molar-refractivity contribution in [1.29, 1.82) is 0 Å². The number of hydrogen-bond acceptors (Lipinski definition) is 2. The maximum Gasteiger partial charge on any atom is 0.136 e. The van der Waals surface area contributed by atoms with Crippen LogP contribution >= 0.6 is 31.9 Å². The molecule has 0 aliphatic carbocycles. The van der Waals surface area contributed by atoms with Crippen LogP contribution < -0.4 is 4.90 Å². The normalized spacial score (nSPS) is 11.2. The fourth-order valence-corrected chi connectivity index (χ4v) is 1.34. The molecule has 0 amide bonds. The average Bonchev–Trinajstić information content (AvgIpc) is 2.19. The van der Waals surface area contributed by atoms with Gasteiger partial charge in [0.25, 0.3) is 0 Å². The smallest absolute Gasteiger partial charge is 0.136 e. The molecule has 0 fully saturated rings. The van der Waals surface area contributed by atoms with Crippen molar-refractivity contribution in [2.45, 2.75) is 0 Å². The molecule has 0 radical (unpaired) electrons. The Morgan fingerprint density at radius 3 is 2.31 bits per heavy atom. The number of rotatable bonds is 3. The molecule has 0 bridgehead atoms. The van der Waals surface area contributed by atoms with E-state index in [-0.39, 0.29) is 0 Å². The fourth-order valence-electron chi connectivity index (χ4n) is 0.830. The molecule has 0 unspecified atom stereocenters. The molecule has 68 valence electrons. The topological polar surface area (TPSA) is 16.1 Å². The molecule has 13 heavy (non-hydrogen) atoms. The third-order valence-electron chi connectivity index (χ3n) is 1.35. The predicted octanol–water partition coefficient (Wildman–Crippen LogP) is 3.62. The van der Waals surface area contributed by atoms with Crippen LogP contribution in [0.15, 0.2) is 46.8 Å². The number of halogens is 2. The standard InChI is InChI=1S/C9H8Br2N2/c10-4-7-13(8-5-11)9-3-1-2-6-12-9/h1-8H. The van der Waals surface area contributed by atoms with Gasteiger partial charge in [-0.25, -0.2) is 4.98 Å². The summed E-state index contributed by atoms with van der Waals surface area (Å²) in [4.78, 5) is 9.62. The molecule has 0 saturated carbocycles. The largest absolute Gasteiger partial charge is 0.308 e. The maximum atomic E-state index is 4.20. The van der Waals surface area contributed by atoms with Crippen LogP contribution in [0.2, 0.25) is 0 Å². The lowest BCUT2D eigenvalue weighted by Crippen LogP contribution is -2.07. The van der Waals surface area contributed by atoms with Crippen molar-refractivity contribution >= 4 is 37.7 Å². The zero-order chi connectivity index (χ0) is 9.52. The molecule has 0 saturated heterocycles. The minimum Gasteiger partial charge on any atom is -0.308 e. The molecule has 0 atom stereocenters. The number of nitrogens with zero attached hydrogens (tertiary/aromatic N) is 2. The molecule has 0 spiro atoms. The summed E-state index contributed by atoms with van der Waals surface area (Å²) < 4.78 is 0. The molecule has 0 aromatic carbocycles. The molecule has 1 aromatic heterocycles. The molecule has 4 heteroatoms. The van der Waals surface area contributed by atoms with E-state index < -0.39 is 0 Å². The highest BCUT2D eigenvalue weighted by molar-refractivity contribution is 9.11. The van der Waals surface area contributed by atoms with Crippen LogP contribution in [0.4, 0.5) is 5.82 Å². The first-order valence-electron chi connectivity index (χ1n) is 3.61. The first-order valence-corrected chi connectivity index (χ1v) is 5.44. The first-order chi connectivity index (χ1) is 6.38. The zero-order valence-corrected chi connectivity index (χ0v) is 9.94. The van der Waals surface area contributed by atoms with Gasteiger partial charge in [0.2, 0.25) is 0 Å². The monoisotopic (exact) mass is 302 g/mol. The Bertz CT molecular complexity index is 284. The molecular weight excluding hydrogens is 296 g/mol. The molecular formula is C9H8Br2N2. The fraction of sp³-hybridized carbons (Fsp3) is 0. The average molecular weight is 304 g/mol. The van der Waals surface area contributed by atoms with Crippen LogP contribution in [0.1, 0.15) is 0 Å². The Morgan fingerprint density at radius 2 is 1.85 bits per heavy atom. The van der Waals surface area contributed by atoms with Crippen LogP contribution in [0.5, 0.6) is 0 Å². The SMILES string of the molecule is BrC=CN(C=CBr)c1ccccn1. The van der Waals surface area contributed by atoms with Gasteiger partial charge < -0.3 is 4.90 Å². The van der Waals surface area contributed by atoms with Crippen LogP contribution in [-0.4, -0.2) is 4.98 Å². The van der Waals surface area contributed by atoms with Crippen molar-refractivity contribution in [3.8, 4) is 0 Å². The molecule has 0 aliphatic rings. The highest BCUT2D eigenvalue weighted by Gasteiger charge is 1.97. The van der Waals surface area contributed by atoms with Crippen LogP contribution in [0.25, 0.3) is 0 Å². The van der Waals surface area contributed by atoms with E-state index in [4.69, 9.17) is 0 Å². The Hall–Kier alpha value is -0.610. The number of aromatic nitrogens is 1. The number of pyridine rings is 1. The van der Waals surface area contributed by atoms with Gasteiger partial charge in [0, 0.05) is 18.6 Å². The Kier molecular flexibility index (Phi) is 4.78. The quantitative estimate of drug-likeness (QED) is 0.848. The highest BCUT2D eigenvalue weighted by Crippen LogP contribution is 2.11. The number of hydrogen-bond donors (Lipinski definition) is 0.